The van der Waals surface area contributed by atoms with Gasteiger partial charge in [0.2, 0.25) is 0 Å². The van der Waals surface area contributed by atoms with Crippen LogP contribution >= 0.6 is 15.9 Å². The quantitative estimate of drug-likeness (QED) is 0.561. The zero-order valence-electron chi connectivity index (χ0n) is 13.6. The van der Waals surface area contributed by atoms with Crippen LogP contribution in [0.2, 0.25) is 0 Å². The first-order valence-electron chi connectivity index (χ1n) is 8.47. The molecule has 1 aliphatic heterocycles. The van der Waals surface area contributed by atoms with E-state index in [4.69, 9.17) is 0 Å². The van der Waals surface area contributed by atoms with E-state index in [1.54, 1.807) is 0 Å². The predicted octanol–water partition coefficient (Wildman–Crippen LogP) is 5.33. The molecule has 2 aromatic carbocycles. The van der Waals surface area contributed by atoms with Crippen molar-refractivity contribution in [2.24, 2.45) is 0 Å². The molecule has 0 aromatic heterocycles. The topological polar surface area (TPSA) is 3.24 Å². The van der Waals surface area contributed by atoms with Crippen LogP contribution in [0.5, 0.6) is 0 Å². The fourth-order valence-corrected chi connectivity index (χ4v) is 4.46. The van der Waals surface area contributed by atoms with Crippen LogP contribution in [0.1, 0.15) is 46.6 Å². The lowest BCUT2D eigenvalue weighted by molar-refractivity contribution is 0.255. The van der Waals surface area contributed by atoms with E-state index >= 15 is 0 Å². The lowest BCUT2D eigenvalue weighted by Crippen LogP contribution is -2.29. The molecule has 2 aromatic rings. The van der Waals surface area contributed by atoms with Gasteiger partial charge in [-0.1, -0.05) is 52.3 Å². The summed E-state index contributed by atoms with van der Waals surface area (Å²) in [7, 11) is 2.23. The van der Waals surface area contributed by atoms with Crippen LogP contribution in [-0.4, -0.2) is 25.0 Å². The number of fused-ring (bicyclic) bond motifs is 2. The van der Waals surface area contributed by atoms with Crippen molar-refractivity contribution in [1.29, 1.82) is 0 Å². The molecule has 0 atom stereocenters. The summed E-state index contributed by atoms with van der Waals surface area (Å²) >= 11 is 3.75. The Morgan fingerprint density at radius 1 is 1.00 bits per heavy atom. The molecule has 23 heavy (non-hydrogen) atoms. The van der Waals surface area contributed by atoms with Crippen molar-refractivity contribution in [3.05, 3.63) is 68.7 Å². The Kier molecular flexibility index (Phi) is 4.13. The molecule has 0 bridgehead atoms. The molecule has 2 aliphatic rings. The first-order chi connectivity index (χ1) is 11.2. The van der Waals surface area contributed by atoms with Crippen molar-refractivity contribution in [2.45, 2.75) is 25.2 Å². The molecular weight excluding hydrogens is 346 g/mol. The van der Waals surface area contributed by atoms with E-state index in [9.17, 15) is 0 Å². The predicted molar refractivity (Wildman–Crippen MR) is 102 cm³/mol. The summed E-state index contributed by atoms with van der Waals surface area (Å²) in [6, 6.07) is 13.4. The molecule has 0 saturated carbocycles. The molecule has 0 unspecified atom stereocenters. The van der Waals surface area contributed by atoms with Gasteiger partial charge in [-0.3, -0.25) is 0 Å². The molecule has 118 valence electrons. The number of rotatable bonds is 1. The van der Waals surface area contributed by atoms with E-state index in [-0.39, 0.29) is 0 Å². The van der Waals surface area contributed by atoms with Crippen LogP contribution in [-0.2, 0) is 6.42 Å². The zero-order chi connectivity index (χ0) is 15.8. The van der Waals surface area contributed by atoms with Crippen LogP contribution in [0.15, 0.2) is 40.9 Å². The average molecular weight is 368 g/mol. The van der Waals surface area contributed by atoms with E-state index in [0.29, 0.717) is 5.92 Å². The van der Waals surface area contributed by atoms with Crippen LogP contribution in [0.3, 0.4) is 0 Å². The summed E-state index contributed by atoms with van der Waals surface area (Å²) < 4.78 is 1.22. The Hall–Kier alpha value is -1.38. The number of halogens is 1. The monoisotopic (exact) mass is 367 g/mol. The van der Waals surface area contributed by atoms with Gasteiger partial charge in [-0.15, -0.1) is 0 Å². The second-order valence-corrected chi connectivity index (χ2v) is 7.77. The number of hydrogen-bond acceptors (Lipinski definition) is 1. The zero-order valence-corrected chi connectivity index (χ0v) is 15.1. The first-order valence-corrected chi connectivity index (χ1v) is 9.27. The molecule has 0 amide bonds. The summed E-state index contributed by atoms with van der Waals surface area (Å²) in [5.74, 6) is 0.684. The van der Waals surface area contributed by atoms with E-state index in [0.717, 1.165) is 6.42 Å². The Morgan fingerprint density at radius 3 is 2.61 bits per heavy atom. The smallest absolute Gasteiger partial charge is 0.0181 e. The van der Waals surface area contributed by atoms with Gasteiger partial charge in [0.15, 0.2) is 0 Å². The fourth-order valence-electron chi connectivity index (χ4n) is 3.94. The second-order valence-electron chi connectivity index (χ2n) is 6.85. The lowest BCUT2D eigenvalue weighted by atomic mass is 9.84. The van der Waals surface area contributed by atoms with Gasteiger partial charge >= 0.3 is 0 Å². The Morgan fingerprint density at radius 2 is 1.78 bits per heavy atom. The Labute approximate surface area is 147 Å². The molecule has 4 rings (SSSR count). The summed E-state index contributed by atoms with van der Waals surface area (Å²) in [5.41, 5.74) is 7.23. The normalized spacial score (nSPS) is 18.3. The van der Waals surface area contributed by atoms with Crippen molar-refractivity contribution >= 4 is 28.1 Å². The highest BCUT2D eigenvalue weighted by molar-refractivity contribution is 9.10. The molecule has 0 N–H and O–H groups in total. The van der Waals surface area contributed by atoms with Crippen LogP contribution in [0.25, 0.3) is 12.2 Å². The van der Waals surface area contributed by atoms with Crippen molar-refractivity contribution in [3.8, 4) is 0 Å². The first kappa shape index (κ1) is 15.2. The van der Waals surface area contributed by atoms with E-state index in [1.165, 1.54) is 58.2 Å². The highest BCUT2D eigenvalue weighted by Crippen LogP contribution is 2.37. The van der Waals surface area contributed by atoms with Gasteiger partial charge in [0.25, 0.3) is 0 Å². The Bertz CT molecular complexity index is 754. The van der Waals surface area contributed by atoms with Gasteiger partial charge in [0.1, 0.15) is 0 Å². The van der Waals surface area contributed by atoms with Crippen LogP contribution < -0.4 is 0 Å². The highest BCUT2D eigenvalue weighted by atomic mass is 79.9. The van der Waals surface area contributed by atoms with Gasteiger partial charge in [-0.05, 0) is 85.3 Å². The fraction of sp³-hybridized carbons (Fsp3) is 0.333. The highest BCUT2D eigenvalue weighted by Gasteiger charge is 2.23. The summed E-state index contributed by atoms with van der Waals surface area (Å²) in [6.45, 7) is 2.41. The largest absolute Gasteiger partial charge is 0.306 e. The molecule has 1 saturated heterocycles. The van der Waals surface area contributed by atoms with Gasteiger partial charge in [-0.25, -0.2) is 0 Å². The molecule has 1 nitrogen and oxygen atoms in total. The summed E-state index contributed by atoms with van der Waals surface area (Å²) in [6.07, 6.45) is 8.20. The third kappa shape index (κ3) is 3.02. The Balaban J connectivity index is 1.78. The van der Waals surface area contributed by atoms with Crippen LogP contribution in [0, 0.1) is 0 Å². The van der Waals surface area contributed by atoms with Crippen molar-refractivity contribution < 1.29 is 0 Å². The number of nitrogens with zero attached hydrogens (tertiary/aromatic N) is 1. The molecule has 1 fully saturated rings. The van der Waals surface area contributed by atoms with Crippen LogP contribution in [0.4, 0.5) is 0 Å². The minimum Gasteiger partial charge on any atom is -0.306 e. The molecule has 2 heteroatoms. The van der Waals surface area contributed by atoms with Gasteiger partial charge < -0.3 is 4.90 Å². The van der Waals surface area contributed by atoms with Crippen molar-refractivity contribution in [1.82, 2.24) is 4.90 Å². The number of benzene rings is 2. The molecular formula is C21H22BrN. The van der Waals surface area contributed by atoms with Crippen molar-refractivity contribution in [3.63, 3.8) is 0 Å². The maximum atomic E-state index is 3.75. The lowest BCUT2D eigenvalue weighted by Gasteiger charge is -2.30. The van der Waals surface area contributed by atoms with E-state index < -0.39 is 0 Å². The number of likely N-dealkylation sites (tertiary alicyclic amines) is 1. The number of piperidine rings is 1. The standard InChI is InChI=1S/C21H22BrN/c1-23-10-8-16(9-11-23)21-14-19(22)13-18-12-17-5-3-2-4-15(17)6-7-20(18)21/h2-7,13-14,16H,8-12H2,1H3. The third-order valence-electron chi connectivity index (χ3n) is 5.29. The van der Waals surface area contributed by atoms with Crippen molar-refractivity contribution in [2.75, 3.05) is 20.1 Å². The molecule has 0 radical (unpaired) electrons. The maximum Gasteiger partial charge on any atom is 0.0181 e. The van der Waals surface area contributed by atoms with E-state index in [1.807, 2.05) is 0 Å². The average Bonchev–Trinajstić information content (AvgIpc) is 2.74. The maximum absolute atomic E-state index is 3.75. The van der Waals surface area contributed by atoms with E-state index in [2.05, 4.69) is 76.4 Å². The molecule has 1 heterocycles. The molecule has 0 spiro atoms. The summed E-state index contributed by atoms with van der Waals surface area (Å²) in [4.78, 5) is 2.44. The van der Waals surface area contributed by atoms with Gasteiger partial charge in [0, 0.05) is 4.47 Å². The second kappa shape index (κ2) is 6.26. The minimum atomic E-state index is 0.684. The number of hydrogen-bond donors (Lipinski definition) is 0. The van der Waals surface area contributed by atoms with Gasteiger partial charge in [-0.2, -0.15) is 0 Å². The minimum absolute atomic E-state index is 0.684. The molecule has 1 aliphatic carbocycles. The van der Waals surface area contributed by atoms with Gasteiger partial charge in [0.05, 0.1) is 0 Å². The SMILES string of the molecule is CN1CCC(c2cc(Br)cc3c2C=Cc2ccccc2C3)CC1. The third-order valence-corrected chi connectivity index (χ3v) is 5.74. The summed E-state index contributed by atoms with van der Waals surface area (Å²) in [5, 5.41) is 0.